The van der Waals surface area contributed by atoms with E-state index in [9.17, 15) is 9.59 Å². The number of primary amides is 1. The first kappa shape index (κ1) is 23.0. The van der Waals surface area contributed by atoms with Crippen molar-refractivity contribution in [3.8, 4) is 17.2 Å². The lowest BCUT2D eigenvalue weighted by atomic mass is 10.1. The van der Waals surface area contributed by atoms with Crippen molar-refractivity contribution >= 4 is 28.4 Å². The number of carbonyl (C=O) groups excluding carboxylic acids is 2. The Morgan fingerprint density at radius 2 is 1.74 bits per heavy atom. The molecule has 0 saturated heterocycles. The highest BCUT2D eigenvalue weighted by molar-refractivity contribution is 6.14. The summed E-state index contributed by atoms with van der Waals surface area (Å²) in [7, 11) is 3.21. The maximum absolute atomic E-state index is 12.4. The number of carbonyl (C=O) groups is 2. The Hall–Kier alpha value is -4.20. The summed E-state index contributed by atoms with van der Waals surface area (Å²) in [5, 5.41) is 0.697. The maximum Gasteiger partial charge on any atom is 0.414 e. The van der Waals surface area contributed by atoms with Gasteiger partial charge in [-0.15, -0.1) is 0 Å². The molecule has 0 radical (unpaired) electrons. The van der Waals surface area contributed by atoms with Gasteiger partial charge >= 0.3 is 6.09 Å². The van der Waals surface area contributed by atoms with Gasteiger partial charge in [0.15, 0.2) is 5.75 Å². The molecule has 0 bridgehead atoms. The van der Waals surface area contributed by atoms with Crippen molar-refractivity contribution in [2.45, 2.75) is 13.3 Å². The highest BCUT2D eigenvalue weighted by Crippen LogP contribution is 2.35. The van der Waals surface area contributed by atoms with Crippen LogP contribution in [0.4, 0.5) is 4.79 Å². The first-order chi connectivity index (χ1) is 16.4. The van der Waals surface area contributed by atoms with Crippen LogP contribution in [0.15, 0.2) is 60.8 Å². The average molecular weight is 462 g/mol. The number of benzene rings is 2. The second-order valence-corrected chi connectivity index (χ2v) is 7.95. The summed E-state index contributed by atoms with van der Waals surface area (Å²) in [6.07, 6.45) is 1.77. The van der Waals surface area contributed by atoms with E-state index in [0.717, 1.165) is 16.8 Å². The largest absolute Gasteiger partial charge is 0.494 e. The molecule has 0 saturated carbocycles. The number of nitrogens with zero attached hydrogens (tertiary/aromatic N) is 2. The van der Waals surface area contributed by atoms with E-state index in [4.69, 9.17) is 19.9 Å². The molecule has 4 aromatic rings. The number of para-hydroxylation sites is 1. The molecule has 4 rings (SSSR count). The predicted octanol–water partition coefficient (Wildman–Crippen LogP) is 4.27. The zero-order valence-corrected chi connectivity index (χ0v) is 19.4. The van der Waals surface area contributed by atoms with Gasteiger partial charge in [0.05, 0.1) is 30.5 Å². The Morgan fingerprint density at radius 1 is 1.00 bits per heavy atom. The number of pyridine rings is 1. The number of ether oxygens (including phenoxy) is 3. The molecule has 0 spiro atoms. The molecule has 0 aliphatic heterocycles. The van der Waals surface area contributed by atoms with Crippen molar-refractivity contribution in [3.05, 3.63) is 71.9 Å². The molecular formula is C26H27N3O5. The summed E-state index contributed by atoms with van der Waals surface area (Å²) >= 11 is 0. The second-order valence-electron chi connectivity index (χ2n) is 7.95. The van der Waals surface area contributed by atoms with Gasteiger partial charge in [-0.3, -0.25) is 4.79 Å². The molecule has 8 nitrogen and oxygen atoms in total. The van der Waals surface area contributed by atoms with Gasteiger partial charge in [-0.2, -0.15) is 0 Å². The fraction of sp³-hybridized carbons (Fsp3) is 0.231. The highest BCUT2D eigenvalue weighted by Gasteiger charge is 2.22. The third-order valence-corrected chi connectivity index (χ3v) is 5.37. The molecule has 34 heavy (non-hydrogen) atoms. The van der Waals surface area contributed by atoms with Crippen LogP contribution in [0, 0.1) is 0 Å². The summed E-state index contributed by atoms with van der Waals surface area (Å²) in [6, 6.07) is 16.8. The van der Waals surface area contributed by atoms with E-state index in [-0.39, 0.29) is 0 Å². The summed E-state index contributed by atoms with van der Waals surface area (Å²) in [5.41, 5.74) is 8.48. The van der Waals surface area contributed by atoms with Gasteiger partial charge in [-0.25, -0.2) is 4.79 Å². The van der Waals surface area contributed by atoms with Gasteiger partial charge in [-0.05, 0) is 30.7 Å². The van der Waals surface area contributed by atoms with E-state index >= 15 is 0 Å². The van der Waals surface area contributed by atoms with Crippen molar-refractivity contribution in [2.24, 2.45) is 5.73 Å². The van der Waals surface area contributed by atoms with E-state index in [1.807, 2.05) is 55.5 Å². The summed E-state index contributed by atoms with van der Waals surface area (Å²) in [6.45, 7) is 2.90. The first-order valence-electron chi connectivity index (χ1n) is 11.0. The van der Waals surface area contributed by atoms with Gasteiger partial charge in [0.2, 0.25) is 0 Å². The van der Waals surface area contributed by atoms with Gasteiger partial charge in [0.25, 0.3) is 5.91 Å². The minimum Gasteiger partial charge on any atom is -0.494 e. The molecule has 176 valence electrons. The van der Waals surface area contributed by atoms with E-state index in [1.54, 1.807) is 30.8 Å². The standard InChI is InChI=1S/C26H27N3O5/c1-4-32-18-11-9-17(10-12-18)13-14-33-22-15-19(34-26(31)28(2)3)16-29-21-8-6-5-7-20(21)23(24(22)29)25(27)30/h5-12,15-16H,4,13-14H2,1-3H3,(H2,27,30). The van der Waals surface area contributed by atoms with Crippen LogP contribution in [0.3, 0.4) is 0 Å². The molecule has 2 amide bonds. The number of rotatable bonds is 8. The lowest BCUT2D eigenvalue weighted by Crippen LogP contribution is -2.25. The van der Waals surface area contributed by atoms with Crippen LogP contribution in [-0.2, 0) is 6.42 Å². The summed E-state index contributed by atoms with van der Waals surface area (Å²) in [5.74, 6) is 0.947. The average Bonchev–Trinajstić information content (AvgIpc) is 3.15. The van der Waals surface area contributed by atoms with Crippen LogP contribution in [0.25, 0.3) is 16.4 Å². The van der Waals surface area contributed by atoms with Gasteiger partial charge in [0.1, 0.15) is 17.0 Å². The maximum atomic E-state index is 12.4. The van der Waals surface area contributed by atoms with Crippen LogP contribution in [-0.4, -0.2) is 48.6 Å². The van der Waals surface area contributed by atoms with Crippen molar-refractivity contribution < 1.29 is 23.8 Å². The molecule has 2 N–H and O–H groups in total. The van der Waals surface area contributed by atoms with E-state index in [2.05, 4.69) is 0 Å². The lowest BCUT2D eigenvalue weighted by Gasteiger charge is -2.14. The molecule has 8 heteroatoms. The minimum atomic E-state index is -0.562. The van der Waals surface area contributed by atoms with Crippen LogP contribution in [0.5, 0.6) is 17.2 Å². The number of hydrogen-bond donors (Lipinski definition) is 1. The van der Waals surface area contributed by atoms with E-state index < -0.39 is 12.0 Å². The Morgan fingerprint density at radius 3 is 2.41 bits per heavy atom. The number of aromatic nitrogens is 1. The van der Waals surface area contributed by atoms with Gasteiger partial charge in [0, 0.05) is 32.0 Å². The Labute approximate surface area is 197 Å². The number of fused-ring (bicyclic) bond motifs is 3. The third-order valence-electron chi connectivity index (χ3n) is 5.37. The zero-order valence-electron chi connectivity index (χ0n) is 19.4. The zero-order chi connectivity index (χ0) is 24.2. The van der Waals surface area contributed by atoms with Gasteiger partial charge < -0.3 is 29.2 Å². The monoisotopic (exact) mass is 461 g/mol. The molecule has 0 aliphatic rings. The Bertz CT molecular complexity index is 1340. The van der Waals surface area contributed by atoms with Crippen LogP contribution in [0.1, 0.15) is 22.8 Å². The fourth-order valence-electron chi connectivity index (χ4n) is 3.81. The highest BCUT2D eigenvalue weighted by atomic mass is 16.6. The third kappa shape index (κ3) is 4.61. The van der Waals surface area contributed by atoms with Gasteiger partial charge in [-0.1, -0.05) is 30.3 Å². The summed E-state index contributed by atoms with van der Waals surface area (Å²) in [4.78, 5) is 25.9. The molecule has 0 unspecified atom stereocenters. The fourth-order valence-corrected chi connectivity index (χ4v) is 3.81. The molecule has 0 atom stereocenters. The van der Waals surface area contributed by atoms with Crippen molar-refractivity contribution in [1.29, 1.82) is 0 Å². The van der Waals surface area contributed by atoms with Crippen molar-refractivity contribution in [2.75, 3.05) is 27.3 Å². The molecule has 2 aromatic carbocycles. The number of hydrogen-bond acceptors (Lipinski definition) is 5. The summed E-state index contributed by atoms with van der Waals surface area (Å²) < 4.78 is 18.9. The molecule has 0 aliphatic carbocycles. The van der Waals surface area contributed by atoms with Crippen LogP contribution in [0.2, 0.25) is 0 Å². The molecule has 2 aromatic heterocycles. The smallest absolute Gasteiger partial charge is 0.414 e. The normalized spacial score (nSPS) is 10.9. The molecule has 0 fully saturated rings. The molecule has 2 heterocycles. The minimum absolute atomic E-state index is 0.291. The number of amides is 2. The first-order valence-corrected chi connectivity index (χ1v) is 11.0. The Balaban J connectivity index is 1.72. The quantitative estimate of drug-likeness (QED) is 0.423. The lowest BCUT2D eigenvalue weighted by molar-refractivity contribution is 0.100. The van der Waals surface area contributed by atoms with E-state index in [0.29, 0.717) is 47.6 Å². The predicted molar refractivity (Wildman–Crippen MR) is 130 cm³/mol. The molecular weight excluding hydrogens is 434 g/mol. The second kappa shape index (κ2) is 9.74. The Kier molecular flexibility index (Phi) is 6.58. The SMILES string of the molecule is CCOc1ccc(CCOc2cc(OC(=O)N(C)C)cn3c2c(C(N)=O)c2ccccc23)cc1. The topological polar surface area (TPSA) is 95.5 Å². The number of nitrogens with two attached hydrogens (primary N) is 1. The van der Waals surface area contributed by atoms with Crippen molar-refractivity contribution in [3.63, 3.8) is 0 Å². The van der Waals surface area contributed by atoms with Crippen molar-refractivity contribution in [1.82, 2.24) is 9.30 Å². The van der Waals surface area contributed by atoms with E-state index in [1.165, 1.54) is 4.90 Å². The van der Waals surface area contributed by atoms with Crippen LogP contribution < -0.4 is 19.9 Å². The van der Waals surface area contributed by atoms with Crippen LogP contribution >= 0.6 is 0 Å².